The zero-order valence-electron chi connectivity index (χ0n) is 18.2. The van der Waals surface area contributed by atoms with Crippen molar-refractivity contribution >= 4 is 40.2 Å². The predicted octanol–water partition coefficient (Wildman–Crippen LogP) is 4.89. The molecule has 1 aliphatic rings. The number of para-hydroxylation sites is 1. The lowest BCUT2D eigenvalue weighted by atomic mass is 9.86. The highest BCUT2D eigenvalue weighted by atomic mass is 35.5. The van der Waals surface area contributed by atoms with Gasteiger partial charge in [-0.05, 0) is 55.9 Å². The molecule has 168 valence electrons. The Kier molecular flexibility index (Phi) is 6.74. The van der Waals surface area contributed by atoms with E-state index in [1.807, 2.05) is 43.3 Å². The van der Waals surface area contributed by atoms with Crippen LogP contribution in [0.25, 0.3) is 10.9 Å². The van der Waals surface area contributed by atoms with Crippen LogP contribution in [0.3, 0.4) is 0 Å². The van der Waals surface area contributed by atoms with E-state index in [1.54, 1.807) is 6.07 Å². The standard InChI is InChI=1S/C24H27ClFN5O/c1-31(2)22-17-6-3-4-9-20(17)29-24(30-22)28-16-12-10-15(11-13-16)14-27-23(32)18-7-5-8-19(25)21(18)26/h3-9,15-16H,10-14H2,1-2H3,(H,27,32)(H,28,29,30)/t15-,16+. The van der Waals surface area contributed by atoms with E-state index in [9.17, 15) is 9.18 Å². The quantitative estimate of drug-likeness (QED) is 0.553. The van der Waals surface area contributed by atoms with Crippen molar-refractivity contribution < 1.29 is 9.18 Å². The number of benzene rings is 2. The van der Waals surface area contributed by atoms with E-state index in [0.717, 1.165) is 42.4 Å². The number of nitrogens with zero attached hydrogens (tertiary/aromatic N) is 3. The van der Waals surface area contributed by atoms with Gasteiger partial charge in [0.1, 0.15) is 5.82 Å². The zero-order chi connectivity index (χ0) is 22.7. The minimum Gasteiger partial charge on any atom is -0.362 e. The molecule has 0 atom stereocenters. The molecule has 4 rings (SSSR count). The number of hydrogen-bond acceptors (Lipinski definition) is 5. The molecule has 6 nitrogen and oxygen atoms in total. The van der Waals surface area contributed by atoms with Crippen LogP contribution in [0.15, 0.2) is 42.5 Å². The summed E-state index contributed by atoms with van der Waals surface area (Å²) in [7, 11) is 3.96. The third kappa shape index (κ3) is 4.93. The van der Waals surface area contributed by atoms with Gasteiger partial charge in [0.2, 0.25) is 5.95 Å². The molecule has 1 fully saturated rings. The summed E-state index contributed by atoms with van der Waals surface area (Å²) in [5.41, 5.74) is 0.899. The summed E-state index contributed by atoms with van der Waals surface area (Å²) in [6.07, 6.45) is 3.84. The van der Waals surface area contributed by atoms with Crippen LogP contribution in [-0.4, -0.2) is 42.6 Å². The molecule has 0 aliphatic heterocycles. The Balaban J connectivity index is 1.32. The molecule has 8 heteroatoms. The monoisotopic (exact) mass is 455 g/mol. The van der Waals surface area contributed by atoms with Crippen molar-refractivity contribution in [2.24, 2.45) is 5.92 Å². The fourth-order valence-corrected chi connectivity index (χ4v) is 4.34. The smallest absolute Gasteiger partial charge is 0.254 e. The fraction of sp³-hybridized carbons (Fsp3) is 0.375. The molecule has 3 aromatic rings. The van der Waals surface area contributed by atoms with Crippen LogP contribution in [0.4, 0.5) is 16.2 Å². The van der Waals surface area contributed by atoms with Crippen LogP contribution >= 0.6 is 11.6 Å². The molecule has 0 bridgehead atoms. The second-order valence-electron chi connectivity index (χ2n) is 8.46. The summed E-state index contributed by atoms with van der Waals surface area (Å²) in [4.78, 5) is 23.7. The van der Waals surface area contributed by atoms with Gasteiger partial charge < -0.3 is 15.5 Å². The molecule has 1 amide bonds. The van der Waals surface area contributed by atoms with E-state index < -0.39 is 11.7 Å². The van der Waals surface area contributed by atoms with Gasteiger partial charge in [0.25, 0.3) is 5.91 Å². The Morgan fingerprint density at radius 2 is 1.84 bits per heavy atom. The van der Waals surface area contributed by atoms with Gasteiger partial charge in [-0.25, -0.2) is 9.37 Å². The van der Waals surface area contributed by atoms with Crippen LogP contribution in [0.2, 0.25) is 5.02 Å². The average molecular weight is 456 g/mol. The second-order valence-corrected chi connectivity index (χ2v) is 8.86. The molecule has 0 unspecified atom stereocenters. The number of carbonyl (C=O) groups is 1. The Hall–Kier alpha value is -2.93. The molecular weight excluding hydrogens is 429 g/mol. The highest BCUT2D eigenvalue weighted by Crippen LogP contribution is 2.28. The number of amides is 1. The van der Waals surface area contributed by atoms with Crippen molar-refractivity contribution in [2.75, 3.05) is 30.9 Å². The molecule has 1 saturated carbocycles. The molecule has 0 saturated heterocycles. The summed E-state index contributed by atoms with van der Waals surface area (Å²) in [6, 6.07) is 12.7. The molecule has 32 heavy (non-hydrogen) atoms. The highest BCUT2D eigenvalue weighted by molar-refractivity contribution is 6.31. The molecule has 2 aromatic carbocycles. The van der Waals surface area contributed by atoms with E-state index in [0.29, 0.717) is 18.4 Å². The van der Waals surface area contributed by atoms with Crippen LogP contribution in [0.1, 0.15) is 36.0 Å². The summed E-state index contributed by atoms with van der Waals surface area (Å²) >= 11 is 5.77. The lowest BCUT2D eigenvalue weighted by Crippen LogP contribution is -2.34. The van der Waals surface area contributed by atoms with Crippen molar-refractivity contribution in [1.82, 2.24) is 15.3 Å². The predicted molar refractivity (Wildman–Crippen MR) is 127 cm³/mol. The van der Waals surface area contributed by atoms with Gasteiger partial charge in [-0.1, -0.05) is 29.8 Å². The zero-order valence-corrected chi connectivity index (χ0v) is 19.0. The SMILES string of the molecule is CN(C)c1nc(N[C@H]2CC[C@@H](CNC(=O)c3cccc(Cl)c3F)CC2)nc2ccccc12. The summed E-state index contributed by atoms with van der Waals surface area (Å²) in [5.74, 6) is 0.788. The van der Waals surface area contributed by atoms with Crippen molar-refractivity contribution in [2.45, 2.75) is 31.7 Å². The second kappa shape index (κ2) is 9.69. The van der Waals surface area contributed by atoms with Crippen LogP contribution in [-0.2, 0) is 0 Å². The minimum absolute atomic E-state index is 0.0157. The first-order valence-electron chi connectivity index (χ1n) is 10.8. The van der Waals surface area contributed by atoms with Gasteiger partial charge >= 0.3 is 0 Å². The molecule has 0 radical (unpaired) electrons. The largest absolute Gasteiger partial charge is 0.362 e. The molecule has 2 N–H and O–H groups in total. The number of hydrogen-bond donors (Lipinski definition) is 2. The molecule has 1 aliphatic carbocycles. The van der Waals surface area contributed by atoms with Gasteiger partial charge in [0.05, 0.1) is 16.1 Å². The molecular formula is C24H27ClFN5O. The van der Waals surface area contributed by atoms with E-state index in [1.165, 1.54) is 12.1 Å². The fourth-order valence-electron chi connectivity index (χ4n) is 4.17. The Labute approximate surface area is 192 Å². The number of nitrogens with one attached hydrogen (secondary N) is 2. The minimum atomic E-state index is -0.674. The van der Waals surface area contributed by atoms with Crippen LogP contribution < -0.4 is 15.5 Å². The number of anilines is 2. The molecule has 1 aromatic heterocycles. The number of rotatable bonds is 6. The first-order chi connectivity index (χ1) is 15.4. The van der Waals surface area contributed by atoms with Crippen LogP contribution in [0, 0.1) is 11.7 Å². The lowest BCUT2D eigenvalue weighted by Gasteiger charge is -2.29. The van der Waals surface area contributed by atoms with E-state index in [2.05, 4.69) is 15.6 Å². The first-order valence-corrected chi connectivity index (χ1v) is 11.2. The maximum absolute atomic E-state index is 14.0. The third-order valence-electron chi connectivity index (χ3n) is 5.93. The molecule has 0 spiro atoms. The van der Waals surface area contributed by atoms with Crippen molar-refractivity contribution in [3.8, 4) is 0 Å². The summed E-state index contributed by atoms with van der Waals surface area (Å²) in [6.45, 7) is 0.523. The highest BCUT2D eigenvalue weighted by Gasteiger charge is 2.23. The normalized spacial score (nSPS) is 18.4. The Morgan fingerprint density at radius 3 is 2.59 bits per heavy atom. The van der Waals surface area contributed by atoms with Crippen molar-refractivity contribution in [3.05, 3.63) is 58.9 Å². The van der Waals surface area contributed by atoms with Gasteiger partial charge in [0.15, 0.2) is 5.82 Å². The maximum atomic E-state index is 14.0. The lowest BCUT2D eigenvalue weighted by molar-refractivity contribution is 0.0939. The van der Waals surface area contributed by atoms with Gasteiger partial charge in [-0.15, -0.1) is 0 Å². The van der Waals surface area contributed by atoms with Gasteiger partial charge in [-0.2, -0.15) is 4.98 Å². The number of carbonyl (C=O) groups excluding carboxylic acids is 1. The van der Waals surface area contributed by atoms with E-state index in [4.69, 9.17) is 16.6 Å². The topological polar surface area (TPSA) is 70.2 Å². The summed E-state index contributed by atoms with van der Waals surface area (Å²) < 4.78 is 14.0. The van der Waals surface area contributed by atoms with E-state index in [-0.39, 0.29) is 16.6 Å². The average Bonchev–Trinajstić information content (AvgIpc) is 2.79. The molecule has 1 heterocycles. The number of aromatic nitrogens is 2. The van der Waals surface area contributed by atoms with Crippen molar-refractivity contribution in [3.63, 3.8) is 0 Å². The number of fused-ring (bicyclic) bond motifs is 1. The van der Waals surface area contributed by atoms with Crippen molar-refractivity contribution in [1.29, 1.82) is 0 Å². The van der Waals surface area contributed by atoms with Gasteiger partial charge in [0, 0.05) is 32.1 Å². The third-order valence-corrected chi connectivity index (χ3v) is 6.23. The number of halogens is 2. The first kappa shape index (κ1) is 22.3. The van der Waals surface area contributed by atoms with Crippen LogP contribution in [0.5, 0.6) is 0 Å². The summed E-state index contributed by atoms with van der Waals surface area (Å²) in [5, 5.41) is 7.33. The maximum Gasteiger partial charge on any atom is 0.254 e. The Bertz CT molecular complexity index is 1110. The Morgan fingerprint density at radius 1 is 1.09 bits per heavy atom. The van der Waals surface area contributed by atoms with E-state index >= 15 is 0 Å². The van der Waals surface area contributed by atoms with Gasteiger partial charge in [-0.3, -0.25) is 4.79 Å².